The fourth-order valence-electron chi connectivity index (χ4n) is 1.44. The molecular formula is C14H21N3O3. The summed E-state index contributed by atoms with van der Waals surface area (Å²) in [6.45, 7) is 1.84. The Morgan fingerprint density at radius 2 is 1.90 bits per heavy atom. The maximum atomic E-state index is 11.6. The molecular weight excluding hydrogens is 258 g/mol. The molecule has 1 unspecified atom stereocenters. The van der Waals surface area contributed by atoms with Gasteiger partial charge in [-0.15, -0.1) is 0 Å². The molecule has 0 heterocycles. The van der Waals surface area contributed by atoms with E-state index in [1.165, 1.54) is 0 Å². The largest absolute Gasteiger partial charge is 0.484 e. The van der Waals surface area contributed by atoms with Crippen LogP contribution in [0.2, 0.25) is 0 Å². The number of hydrogen-bond acceptors (Lipinski definition) is 4. The van der Waals surface area contributed by atoms with Crippen molar-refractivity contribution in [1.82, 2.24) is 5.32 Å². The van der Waals surface area contributed by atoms with Crippen LogP contribution in [0.4, 0.5) is 5.69 Å². The normalized spacial score (nSPS) is 11.6. The van der Waals surface area contributed by atoms with E-state index >= 15 is 0 Å². The molecule has 2 amide bonds. The lowest BCUT2D eigenvalue weighted by molar-refractivity contribution is -0.122. The number of nitrogens with one attached hydrogen (secondary N) is 2. The lowest BCUT2D eigenvalue weighted by atomic mass is 10.2. The number of amides is 2. The van der Waals surface area contributed by atoms with Gasteiger partial charge >= 0.3 is 0 Å². The molecule has 0 aromatic heterocycles. The predicted molar refractivity (Wildman–Crippen MR) is 77.5 cm³/mol. The molecule has 0 saturated carbocycles. The summed E-state index contributed by atoms with van der Waals surface area (Å²) < 4.78 is 5.26. The highest BCUT2D eigenvalue weighted by Crippen LogP contribution is 2.16. The maximum absolute atomic E-state index is 11.6. The third-order valence-corrected chi connectivity index (χ3v) is 2.61. The first-order chi connectivity index (χ1) is 9.51. The average molecular weight is 279 g/mol. The molecule has 110 valence electrons. The summed E-state index contributed by atoms with van der Waals surface area (Å²) in [6, 6.07) is 6.86. The number of benzene rings is 1. The molecule has 0 aliphatic heterocycles. The Balaban J connectivity index is 2.42. The van der Waals surface area contributed by atoms with Crippen molar-refractivity contribution in [2.45, 2.75) is 25.8 Å². The van der Waals surface area contributed by atoms with Crippen molar-refractivity contribution >= 4 is 17.5 Å². The number of hydrogen-bond donors (Lipinski definition) is 3. The zero-order valence-electron chi connectivity index (χ0n) is 11.8. The Morgan fingerprint density at radius 1 is 1.25 bits per heavy atom. The van der Waals surface area contributed by atoms with Gasteiger partial charge < -0.3 is 21.1 Å². The summed E-state index contributed by atoms with van der Waals surface area (Å²) >= 11 is 0. The van der Waals surface area contributed by atoms with Crippen molar-refractivity contribution in [2.24, 2.45) is 5.73 Å². The van der Waals surface area contributed by atoms with Crippen LogP contribution < -0.4 is 21.1 Å². The third-order valence-electron chi connectivity index (χ3n) is 2.61. The number of likely N-dealkylation sites (N-methyl/N-ethyl adjacent to an activating group) is 1. The van der Waals surface area contributed by atoms with Crippen molar-refractivity contribution < 1.29 is 14.3 Å². The Hall–Kier alpha value is -2.08. The number of ether oxygens (including phenoxy) is 1. The van der Waals surface area contributed by atoms with Crippen molar-refractivity contribution in [3.05, 3.63) is 24.3 Å². The van der Waals surface area contributed by atoms with Crippen LogP contribution in [0.5, 0.6) is 5.75 Å². The van der Waals surface area contributed by atoms with E-state index in [-0.39, 0.29) is 24.5 Å². The molecule has 0 aliphatic carbocycles. The molecule has 1 rings (SSSR count). The second-order valence-electron chi connectivity index (χ2n) is 4.55. The molecule has 1 aromatic carbocycles. The summed E-state index contributed by atoms with van der Waals surface area (Å²) in [5.41, 5.74) is 6.28. The number of anilines is 1. The predicted octanol–water partition coefficient (Wildman–Crippen LogP) is 0.877. The van der Waals surface area contributed by atoms with Crippen LogP contribution in [-0.2, 0) is 9.59 Å². The maximum Gasteiger partial charge on any atom is 0.257 e. The third kappa shape index (κ3) is 6.19. The standard InChI is InChI=1S/C14H21N3O3/c1-10(15)3-8-13(18)17-11-4-6-12(7-5-11)20-9-14(19)16-2/h4-7,10H,3,8-9,15H2,1-2H3,(H,16,19)(H,17,18). The SMILES string of the molecule is CNC(=O)COc1ccc(NC(=O)CCC(C)N)cc1. The lowest BCUT2D eigenvalue weighted by Crippen LogP contribution is -2.24. The minimum atomic E-state index is -0.196. The minimum absolute atomic E-state index is 0.0150. The monoisotopic (exact) mass is 279 g/mol. The molecule has 4 N–H and O–H groups in total. The van der Waals surface area contributed by atoms with Gasteiger partial charge in [-0.05, 0) is 37.6 Å². The first-order valence-corrected chi connectivity index (χ1v) is 6.50. The summed E-state index contributed by atoms with van der Waals surface area (Å²) in [6.07, 6.45) is 1.05. The van der Waals surface area contributed by atoms with Gasteiger partial charge in [0.1, 0.15) is 5.75 Å². The van der Waals surface area contributed by atoms with Gasteiger partial charge in [0.25, 0.3) is 5.91 Å². The number of rotatable bonds is 7. The second kappa shape index (κ2) is 8.16. The molecule has 0 bridgehead atoms. The molecule has 0 spiro atoms. The van der Waals surface area contributed by atoms with E-state index in [1.54, 1.807) is 31.3 Å². The van der Waals surface area contributed by atoms with Crippen molar-refractivity contribution in [2.75, 3.05) is 19.0 Å². The Morgan fingerprint density at radius 3 is 2.45 bits per heavy atom. The highest BCUT2D eigenvalue weighted by molar-refractivity contribution is 5.90. The molecule has 0 fully saturated rings. The lowest BCUT2D eigenvalue weighted by Gasteiger charge is -2.08. The fourth-order valence-corrected chi connectivity index (χ4v) is 1.44. The van der Waals surface area contributed by atoms with Gasteiger partial charge in [0.05, 0.1) is 0 Å². The van der Waals surface area contributed by atoms with Crippen LogP contribution in [0, 0.1) is 0 Å². The van der Waals surface area contributed by atoms with E-state index in [1.807, 2.05) is 6.92 Å². The van der Waals surface area contributed by atoms with Crippen LogP contribution >= 0.6 is 0 Å². The van der Waals surface area contributed by atoms with Gasteiger partial charge in [-0.25, -0.2) is 0 Å². The molecule has 1 aromatic rings. The van der Waals surface area contributed by atoms with Crippen molar-refractivity contribution in [3.8, 4) is 5.75 Å². The Labute approximate surface area is 118 Å². The van der Waals surface area contributed by atoms with Crippen LogP contribution in [0.3, 0.4) is 0 Å². The van der Waals surface area contributed by atoms with Gasteiger partial charge in [-0.2, -0.15) is 0 Å². The summed E-state index contributed by atoms with van der Waals surface area (Å²) in [7, 11) is 1.55. The van der Waals surface area contributed by atoms with E-state index in [9.17, 15) is 9.59 Å². The van der Waals surface area contributed by atoms with Gasteiger partial charge in [0.15, 0.2) is 6.61 Å². The summed E-state index contributed by atoms with van der Waals surface area (Å²) in [5, 5.41) is 5.24. The van der Waals surface area contributed by atoms with Crippen LogP contribution in [0.1, 0.15) is 19.8 Å². The van der Waals surface area contributed by atoms with Crippen LogP contribution in [-0.4, -0.2) is 31.5 Å². The van der Waals surface area contributed by atoms with E-state index < -0.39 is 0 Å². The fraction of sp³-hybridized carbons (Fsp3) is 0.429. The van der Waals surface area contributed by atoms with Crippen molar-refractivity contribution in [1.29, 1.82) is 0 Å². The van der Waals surface area contributed by atoms with Gasteiger partial charge in [0, 0.05) is 25.2 Å². The van der Waals surface area contributed by atoms with E-state index in [0.29, 0.717) is 24.3 Å². The Kier molecular flexibility index (Phi) is 6.52. The second-order valence-corrected chi connectivity index (χ2v) is 4.55. The van der Waals surface area contributed by atoms with E-state index in [4.69, 9.17) is 10.5 Å². The van der Waals surface area contributed by atoms with Gasteiger partial charge in [0.2, 0.25) is 5.91 Å². The smallest absolute Gasteiger partial charge is 0.257 e. The highest BCUT2D eigenvalue weighted by Gasteiger charge is 2.05. The van der Waals surface area contributed by atoms with Crippen LogP contribution in [0.15, 0.2) is 24.3 Å². The van der Waals surface area contributed by atoms with E-state index in [2.05, 4.69) is 10.6 Å². The highest BCUT2D eigenvalue weighted by atomic mass is 16.5. The minimum Gasteiger partial charge on any atom is -0.484 e. The molecule has 0 aliphatic rings. The molecule has 0 saturated heterocycles. The van der Waals surface area contributed by atoms with Gasteiger partial charge in [-0.3, -0.25) is 9.59 Å². The zero-order valence-corrected chi connectivity index (χ0v) is 11.8. The molecule has 6 nitrogen and oxygen atoms in total. The van der Waals surface area contributed by atoms with Crippen molar-refractivity contribution in [3.63, 3.8) is 0 Å². The summed E-state index contributed by atoms with van der Waals surface area (Å²) in [4.78, 5) is 22.6. The molecule has 6 heteroatoms. The average Bonchev–Trinajstić information content (AvgIpc) is 2.44. The molecule has 0 radical (unpaired) electrons. The quantitative estimate of drug-likeness (QED) is 0.690. The number of carbonyl (C=O) groups is 2. The Bertz CT molecular complexity index is 443. The number of carbonyl (C=O) groups excluding carboxylic acids is 2. The van der Waals surface area contributed by atoms with Gasteiger partial charge in [-0.1, -0.05) is 0 Å². The topological polar surface area (TPSA) is 93.5 Å². The van der Waals surface area contributed by atoms with E-state index in [0.717, 1.165) is 0 Å². The zero-order chi connectivity index (χ0) is 15.0. The number of nitrogens with two attached hydrogens (primary N) is 1. The first kappa shape index (κ1) is 16.0. The molecule has 20 heavy (non-hydrogen) atoms. The molecule has 1 atom stereocenters. The van der Waals surface area contributed by atoms with Crippen LogP contribution in [0.25, 0.3) is 0 Å². The summed E-state index contributed by atoms with van der Waals surface area (Å²) in [5.74, 6) is 0.307. The first-order valence-electron chi connectivity index (χ1n) is 6.50.